The molecule has 0 aliphatic carbocycles. The molecule has 1 saturated heterocycles. The number of ether oxygens (including phenoxy) is 2. The van der Waals surface area contributed by atoms with Gasteiger partial charge in [0.2, 0.25) is 6.79 Å². The number of carbonyl (C=O) groups is 1. The third-order valence-corrected chi connectivity index (χ3v) is 4.42. The highest BCUT2D eigenvalue weighted by atomic mass is 79.9. The van der Waals surface area contributed by atoms with Crippen molar-refractivity contribution in [3.63, 3.8) is 0 Å². The number of hydrogen-bond donors (Lipinski definition) is 1. The molecule has 1 atom stereocenters. The van der Waals surface area contributed by atoms with Gasteiger partial charge in [0.1, 0.15) is 0 Å². The molecule has 2 heterocycles. The molecule has 0 bridgehead atoms. The Kier molecular flexibility index (Phi) is 3.75. The minimum absolute atomic E-state index is 0.192. The Morgan fingerprint density at radius 1 is 1.37 bits per heavy atom. The zero-order chi connectivity index (χ0) is 13.2. The predicted molar refractivity (Wildman–Crippen MR) is 75.0 cm³/mol. The maximum absolute atomic E-state index is 11.1. The van der Waals surface area contributed by atoms with Gasteiger partial charge in [-0.3, -0.25) is 4.79 Å². The maximum atomic E-state index is 11.1. The average Bonchev–Trinajstić information content (AvgIpc) is 2.92. The van der Waals surface area contributed by atoms with Crippen LogP contribution >= 0.6 is 15.9 Å². The molecule has 2 aliphatic heterocycles. The molecule has 0 saturated carbocycles. The van der Waals surface area contributed by atoms with Crippen molar-refractivity contribution >= 4 is 22.2 Å². The highest BCUT2D eigenvalue weighted by Crippen LogP contribution is 2.43. The Morgan fingerprint density at radius 3 is 2.95 bits per heavy atom. The third kappa shape index (κ3) is 2.49. The van der Waals surface area contributed by atoms with Gasteiger partial charge < -0.3 is 14.8 Å². The molecule has 19 heavy (non-hydrogen) atoms. The molecule has 0 radical (unpaired) electrons. The van der Waals surface area contributed by atoms with Crippen LogP contribution in [0.3, 0.4) is 0 Å². The lowest BCUT2D eigenvalue weighted by atomic mass is 9.96. The number of fused-ring (bicyclic) bond motifs is 1. The number of benzene rings is 1. The molecular formula is C14H16BrNO3. The monoisotopic (exact) mass is 325 g/mol. The van der Waals surface area contributed by atoms with E-state index in [1.54, 1.807) is 0 Å². The van der Waals surface area contributed by atoms with Crippen molar-refractivity contribution in [3.05, 3.63) is 21.7 Å². The summed E-state index contributed by atoms with van der Waals surface area (Å²) in [6.07, 6.45) is 5.39. The highest BCUT2D eigenvalue weighted by molar-refractivity contribution is 9.10. The van der Waals surface area contributed by atoms with Crippen molar-refractivity contribution in [1.29, 1.82) is 0 Å². The van der Waals surface area contributed by atoms with E-state index in [4.69, 9.17) is 9.47 Å². The topological polar surface area (TPSA) is 47.6 Å². The lowest BCUT2D eigenvalue weighted by Gasteiger charge is -2.24. The summed E-state index contributed by atoms with van der Waals surface area (Å²) in [5.41, 5.74) is 1.64. The smallest absolute Gasteiger partial charge is 0.231 e. The summed E-state index contributed by atoms with van der Waals surface area (Å²) in [6, 6.07) is 2.29. The average molecular weight is 326 g/mol. The lowest BCUT2D eigenvalue weighted by molar-refractivity contribution is 0.111. The fourth-order valence-corrected chi connectivity index (χ4v) is 3.33. The van der Waals surface area contributed by atoms with Crippen LogP contribution in [0.15, 0.2) is 10.5 Å². The van der Waals surface area contributed by atoms with Crippen LogP contribution in [-0.4, -0.2) is 25.7 Å². The largest absolute Gasteiger partial charge is 0.453 e. The van der Waals surface area contributed by atoms with Crippen molar-refractivity contribution in [1.82, 2.24) is 5.32 Å². The molecular weight excluding hydrogens is 310 g/mol. The minimum atomic E-state index is 0.192. The van der Waals surface area contributed by atoms with Gasteiger partial charge >= 0.3 is 0 Å². The van der Waals surface area contributed by atoms with Crippen molar-refractivity contribution < 1.29 is 14.3 Å². The van der Waals surface area contributed by atoms with E-state index in [0.717, 1.165) is 35.0 Å². The summed E-state index contributed by atoms with van der Waals surface area (Å²) >= 11 is 3.55. The van der Waals surface area contributed by atoms with E-state index < -0.39 is 0 Å². The zero-order valence-corrected chi connectivity index (χ0v) is 12.2. The molecule has 3 rings (SSSR count). The van der Waals surface area contributed by atoms with Crippen LogP contribution in [0.5, 0.6) is 11.5 Å². The second-order valence-electron chi connectivity index (χ2n) is 4.96. The van der Waals surface area contributed by atoms with Crippen LogP contribution in [0, 0.1) is 0 Å². The van der Waals surface area contributed by atoms with E-state index in [0.29, 0.717) is 17.4 Å². The molecule has 1 aromatic carbocycles. The molecule has 1 unspecified atom stereocenters. The van der Waals surface area contributed by atoms with Crippen LogP contribution in [0.1, 0.15) is 35.2 Å². The molecule has 1 fully saturated rings. The van der Waals surface area contributed by atoms with Crippen LogP contribution in [-0.2, 0) is 6.42 Å². The number of piperidine rings is 1. The number of rotatable bonds is 3. The number of carbonyl (C=O) groups excluding carboxylic acids is 1. The molecule has 0 aromatic heterocycles. The highest BCUT2D eigenvalue weighted by Gasteiger charge is 2.26. The van der Waals surface area contributed by atoms with Gasteiger partial charge in [-0.25, -0.2) is 0 Å². The summed E-state index contributed by atoms with van der Waals surface area (Å²) < 4.78 is 11.9. The first-order valence-corrected chi connectivity index (χ1v) is 7.38. The SMILES string of the molecule is O=Cc1cc(Br)c(CC2CCCCN2)c2c1OCO2. The molecule has 4 nitrogen and oxygen atoms in total. The van der Waals surface area contributed by atoms with Crippen LogP contribution < -0.4 is 14.8 Å². The molecule has 1 N–H and O–H groups in total. The Morgan fingerprint density at radius 2 is 2.21 bits per heavy atom. The van der Waals surface area contributed by atoms with E-state index in [1.807, 2.05) is 6.07 Å². The third-order valence-electron chi connectivity index (χ3n) is 3.71. The van der Waals surface area contributed by atoms with E-state index >= 15 is 0 Å². The lowest BCUT2D eigenvalue weighted by Crippen LogP contribution is -2.35. The Balaban J connectivity index is 1.92. The molecule has 2 aliphatic rings. The van der Waals surface area contributed by atoms with Gasteiger partial charge in [0.15, 0.2) is 17.8 Å². The zero-order valence-electron chi connectivity index (χ0n) is 10.6. The number of nitrogens with one attached hydrogen (secondary N) is 1. The van der Waals surface area contributed by atoms with Gasteiger partial charge in [-0.05, 0) is 31.9 Å². The number of aldehydes is 1. The summed E-state index contributed by atoms with van der Waals surface area (Å²) in [6.45, 7) is 1.27. The minimum Gasteiger partial charge on any atom is -0.453 e. The van der Waals surface area contributed by atoms with Gasteiger partial charge in [-0.2, -0.15) is 0 Å². The Bertz CT molecular complexity index is 498. The second-order valence-corrected chi connectivity index (χ2v) is 5.81. The number of halogens is 1. The Hall–Kier alpha value is -1.07. The van der Waals surface area contributed by atoms with Gasteiger partial charge in [-0.15, -0.1) is 0 Å². The van der Waals surface area contributed by atoms with Gasteiger partial charge in [0.25, 0.3) is 0 Å². The van der Waals surface area contributed by atoms with Crippen molar-refractivity contribution in [2.45, 2.75) is 31.7 Å². The van der Waals surface area contributed by atoms with Crippen molar-refractivity contribution in [3.8, 4) is 11.5 Å². The van der Waals surface area contributed by atoms with E-state index in [1.165, 1.54) is 19.3 Å². The first kappa shape index (κ1) is 12.9. The molecule has 102 valence electrons. The normalized spacial score (nSPS) is 21.4. The first-order chi connectivity index (χ1) is 9.29. The van der Waals surface area contributed by atoms with E-state index in [2.05, 4.69) is 21.2 Å². The molecule has 5 heteroatoms. The maximum Gasteiger partial charge on any atom is 0.231 e. The van der Waals surface area contributed by atoms with Crippen LogP contribution in [0.2, 0.25) is 0 Å². The summed E-state index contributed by atoms with van der Waals surface area (Å²) in [5, 5.41) is 3.53. The fourth-order valence-electron chi connectivity index (χ4n) is 2.74. The van der Waals surface area contributed by atoms with Gasteiger partial charge in [0.05, 0.1) is 5.56 Å². The first-order valence-electron chi connectivity index (χ1n) is 6.59. The quantitative estimate of drug-likeness (QED) is 0.868. The van der Waals surface area contributed by atoms with Crippen LogP contribution in [0.4, 0.5) is 0 Å². The van der Waals surface area contributed by atoms with Crippen molar-refractivity contribution in [2.75, 3.05) is 13.3 Å². The fraction of sp³-hybridized carbons (Fsp3) is 0.500. The Labute approximate surface area is 120 Å². The number of hydrogen-bond acceptors (Lipinski definition) is 4. The van der Waals surface area contributed by atoms with E-state index in [9.17, 15) is 4.79 Å². The van der Waals surface area contributed by atoms with Gasteiger partial charge in [0, 0.05) is 16.1 Å². The summed E-state index contributed by atoms with van der Waals surface area (Å²) in [7, 11) is 0. The van der Waals surface area contributed by atoms with Gasteiger partial charge in [-0.1, -0.05) is 22.4 Å². The molecule has 0 amide bonds. The van der Waals surface area contributed by atoms with Crippen LogP contribution in [0.25, 0.3) is 0 Å². The summed E-state index contributed by atoms with van der Waals surface area (Å²) in [4.78, 5) is 11.1. The predicted octanol–water partition coefficient (Wildman–Crippen LogP) is 2.67. The summed E-state index contributed by atoms with van der Waals surface area (Å²) in [5.74, 6) is 1.31. The second kappa shape index (κ2) is 5.51. The van der Waals surface area contributed by atoms with Crippen molar-refractivity contribution in [2.24, 2.45) is 0 Å². The molecule has 0 spiro atoms. The molecule has 1 aromatic rings. The van der Waals surface area contributed by atoms with E-state index in [-0.39, 0.29) is 6.79 Å². The standard InChI is InChI=1S/C14H16BrNO3/c15-12-5-9(7-17)13-14(19-8-18-13)11(12)6-10-3-1-2-4-16-10/h5,7,10,16H,1-4,6,8H2.